The molecule has 1 unspecified atom stereocenters. The lowest BCUT2D eigenvalue weighted by atomic mass is 9.93. The van der Waals surface area contributed by atoms with Gasteiger partial charge in [0.05, 0.1) is 22.0 Å². The molecule has 0 saturated carbocycles. The summed E-state index contributed by atoms with van der Waals surface area (Å²) >= 11 is 4.96. The second-order valence-corrected chi connectivity index (χ2v) is 20.9. The molecule has 0 bridgehead atoms. The van der Waals surface area contributed by atoms with Crippen molar-refractivity contribution in [3.05, 3.63) is 73.7 Å². The highest BCUT2D eigenvalue weighted by Gasteiger charge is 2.28. The van der Waals surface area contributed by atoms with Gasteiger partial charge in [0.1, 0.15) is 0 Å². The van der Waals surface area contributed by atoms with Crippen LogP contribution < -0.4 is 22.0 Å². The van der Waals surface area contributed by atoms with Crippen molar-refractivity contribution in [2.45, 2.75) is 162 Å². The molecule has 4 aromatic heterocycles. The fourth-order valence-corrected chi connectivity index (χ4v) is 11.5. The van der Waals surface area contributed by atoms with Crippen LogP contribution in [0.4, 0.5) is 0 Å². The van der Waals surface area contributed by atoms with E-state index >= 15 is 0 Å². The minimum atomic E-state index is -0.493. The molecule has 57 heavy (non-hydrogen) atoms. The summed E-state index contributed by atoms with van der Waals surface area (Å²) in [6.45, 7) is 13.4. The van der Waals surface area contributed by atoms with E-state index < -0.39 is 11.1 Å². The number of aromatic hydroxyl groups is 1. The molecule has 1 aliphatic rings. The van der Waals surface area contributed by atoms with Crippen molar-refractivity contribution in [2.24, 2.45) is 22.4 Å². The van der Waals surface area contributed by atoms with Gasteiger partial charge >= 0.3 is 0 Å². The Balaban J connectivity index is 1.38. The molecule has 1 amide bonds. The number of nitrogens with zero attached hydrogens (tertiary/aromatic N) is 2. The van der Waals surface area contributed by atoms with Gasteiger partial charge in [0.25, 0.3) is 5.91 Å². The van der Waals surface area contributed by atoms with Crippen LogP contribution >= 0.6 is 34.0 Å². The number of thiophene rings is 3. The molecule has 0 spiro atoms. The Morgan fingerprint density at radius 3 is 1.72 bits per heavy atom. The van der Waals surface area contributed by atoms with Crippen molar-refractivity contribution < 1.29 is 9.90 Å². The van der Waals surface area contributed by atoms with E-state index in [0.717, 1.165) is 70.3 Å². The molecule has 5 N–H and O–H groups in total. The van der Waals surface area contributed by atoms with E-state index in [4.69, 9.17) is 11.5 Å². The maximum Gasteiger partial charge on any atom is 0.279 e. The monoisotopic (exact) mass is 826 g/mol. The molecule has 9 heteroatoms. The molecule has 5 aromatic rings. The zero-order valence-electron chi connectivity index (χ0n) is 35.3. The van der Waals surface area contributed by atoms with Crippen LogP contribution in [0.2, 0.25) is 0 Å². The zero-order chi connectivity index (χ0) is 40.7. The predicted molar refractivity (Wildman–Crippen MR) is 246 cm³/mol. The molecule has 0 fully saturated rings. The zero-order valence-corrected chi connectivity index (χ0v) is 37.8. The standard InChI is InChI=1S/C48H66N4O2S3/c1-7-9-11-13-15-16-18-20-22-32(21-19-17-14-12-10-8-2)31-52-36-30-33-35(29-34(36)44(46(52)54)40-26-28-42(57-40)48(5,6)50)51-45(53)43(33)39-24-23-37(55-39)38-25-27-41(56-38)47(3,4)49/h23-30,32,54H,7-22,31,49-50H2,1-6H3. The maximum absolute atomic E-state index is 13.8. The summed E-state index contributed by atoms with van der Waals surface area (Å²) in [6.07, 6.45) is 20.4. The lowest BCUT2D eigenvalue weighted by Crippen LogP contribution is -2.27. The third kappa shape index (κ3) is 10.6. The van der Waals surface area contributed by atoms with E-state index in [9.17, 15) is 9.90 Å². The van der Waals surface area contributed by atoms with Gasteiger partial charge in [-0.1, -0.05) is 104 Å². The van der Waals surface area contributed by atoms with E-state index in [2.05, 4.69) is 65.9 Å². The number of hydrogen-bond donors (Lipinski definition) is 3. The summed E-state index contributed by atoms with van der Waals surface area (Å²) in [4.78, 5) is 24.7. The van der Waals surface area contributed by atoms with Crippen molar-refractivity contribution in [3.8, 4) is 26.1 Å². The van der Waals surface area contributed by atoms with Crippen molar-refractivity contribution in [2.75, 3.05) is 0 Å². The third-order valence-corrected chi connectivity index (χ3v) is 15.7. The molecule has 1 aromatic carbocycles. The molecular weight excluding hydrogens is 761 g/mol. The van der Waals surface area contributed by atoms with Crippen LogP contribution in [0, 0.1) is 5.92 Å². The average molecular weight is 827 g/mol. The van der Waals surface area contributed by atoms with Crippen LogP contribution in [0.1, 0.15) is 159 Å². The highest BCUT2D eigenvalue weighted by molar-refractivity contribution is 7.22. The first-order valence-corrected chi connectivity index (χ1v) is 24.2. The number of hydrogen-bond acceptors (Lipinski definition) is 7. The first-order chi connectivity index (χ1) is 27.3. The molecule has 0 aliphatic carbocycles. The van der Waals surface area contributed by atoms with Gasteiger partial charge in [-0.15, -0.1) is 34.0 Å². The van der Waals surface area contributed by atoms with Crippen LogP contribution in [0.15, 0.2) is 53.5 Å². The molecule has 6 rings (SSSR count). The lowest BCUT2D eigenvalue weighted by Gasteiger charge is -2.19. The van der Waals surface area contributed by atoms with Gasteiger partial charge in [0.15, 0.2) is 0 Å². The Bertz CT molecular complexity index is 2240. The van der Waals surface area contributed by atoms with Crippen molar-refractivity contribution in [1.82, 2.24) is 4.57 Å². The summed E-state index contributed by atoms with van der Waals surface area (Å²) < 4.78 is 2.16. The smallest absolute Gasteiger partial charge is 0.279 e. The maximum atomic E-state index is 13.8. The fraction of sp³-hybridized carbons (Fsp3) is 0.542. The first-order valence-electron chi connectivity index (χ1n) is 21.7. The summed E-state index contributed by atoms with van der Waals surface area (Å²) in [5.41, 5.74) is 14.5. The summed E-state index contributed by atoms with van der Waals surface area (Å²) in [7, 11) is 0. The normalized spacial score (nSPS) is 13.9. The molecule has 308 valence electrons. The molecule has 6 nitrogen and oxygen atoms in total. The van der Waals surface area contributed by atoms with Gasteiger partial charge in [0, 0.05) is 57.5 Å². The van der Waals surface area contributed by atoms with Crippen molar-refractivity contribution in [3.63, 3.8) is 0 Å². The second-order valence-electron chi connectivity index (χ2n) is 17.6. The summed E-state index contributed by atoms with van der Waals surface area (Å²) in [6, 6.07) is 16.7. The van der Waals surface area contributed by atoms with Crippen LogP contribution in [-0.4, -0.2) is 15.6 Å². The summed E-state index contributed by atoms with van der Waals surface area (Å²) in [5, 5.41) is 14.8. The van der Waals surface area contributed by atoms with Crippen molar-refractivity contribution >= 4 is 56.4 Å². The fourth-order valence-electron chi connectivity index (χ4n) is 8.21. The predicted octanol–water partition coefficient (Wildman–Crippen LogP) is 12.5. The first kappa shape index (κ1) is 43.5. The minimum absolute atomic E-state index is 0.211. The number of rotatable bonds is 23. The Morgan fingerprint density at radius 1 is 0.667 bits per heavy atom. The van der Waals surface area contributed by atoms with Gasteiger partial charge in [-0.3, -0.25) is 4.79 Å². The van der Waals surface area contributed by atoms with Crippen LogP contribution in [0.25, 0.3) is 36.7 Å². The van der Waals surface area contributed by atoms with E-state index in [1.54, 1.807) is 34.0 Å². The van der Waals surface area contributed by atoms with Gasteiger partial charge in [-0.25, -0.2) is 4.99 Å². The molecule has 1 aliphatic heterocycles. The largest absolute Gasteiger partial charge is 0.494 e. The summed E-state index contributed by atoms with van der Waals surface area (Å²) in [5.74, 6) is 0.533. The lowest BCUT2D eigenvalue weighted by molar-refractivity contribution is -0.112. The second kappa shape index (κ2) is 19.3. The van der Waals surface area contributed by atoms with E-state index in [0.29, 0.717) is 22.7 Å². The van der Waals surface area contributed by atoms with Gasteiger partial charge in [-0.2, -0.15) is 0 Å². The van der Waals surface area contributed by atoms with Crippen LogP contribution in [0.5, 0.6) is 5.88 Å². The minimum Gasteiger partial charge on any atom is -0.494 e. The highest BCUT2D eigenvalue weighted by atomic mass is 32.1. The molecule has 0 saturated heterocycles. The number of amides is 1. The van der Waals surface area contributed by atoms with E-state index in [-0.39, 0.29) is 5.91 Å². The Labute approximate surface area is 353 Å². The molecule has 1 atom stereocenters. The number of benzene rings is 1. The molecular formula is C48H66N4O2S3. The molecule has 5 heterocycles. The highest BCUT2D eigenvalue weighted by Crippen LogP contribution is 2.44. The Hall–Kier alpha value is -3.08. The molecule has 0 radical (unpaired) electrons. The quantitative estimate of drug-likeness (QED) is 0.0570. The third-order valence-electron chi connectivity index (χ3n) is 11.6. The van der Waals surface area contributed by atoms with Gasteiger partial charge in [0.2, 0.25) is 5.88 Å². The SMILES string of the molecule is CCCCCCCCCCC(CCCCCCCC)Cn1c(O)c(-c2ccc(C(C)(C)N)s2)c2cc3c(cc21)=C(c1ccc(-c2ccc(C(C)(C)N)s2)s1)C(=O)N=3. The number of carbonyl (C=O) groups is 1. The topological polar surface area (TPSA) is 107 Å². The Kier molecular flexibility index (Phi) is 14.7. The number of unbranched alkanes of at least 4 members (excludes halogenated alkanes) is 12. The Morgan fingerprint density at radius 2 is 1.16 bits per heavy atom. The van der Waals surface area contributed by atoms with Crippen molar-refractivity contribution in [1.29, 1.82) is 0 Å². The van der Waals surface area contributed by atoms with Crippen LogP contribution in [-0.2, 0) is 22.4 Å². The van der Waals surface area contributed by atoms with E-state index in [1.165, 1.54) is 89.9 Å². The average Bonchev–Trinajstić information content (AvgIpc) is 4.00. The van der Waals surface area contributed by atoms with Crippen LogP contribution in [0.3, 0.4) is 0 Å². The number of fused-ring (bicyclic) bond motifs is 2. The number of carbonyl (C=O) groups excluding carboxylic acids is 1. The number of aromatic nitrogens is 1. The van der Waals surface area contributed by atoms with Gasteiger partial charge in [-0.05, 0) is 95.0 Å². The van der Waals surface area contributed by atoms with E-state index in [1.807, 2.05) is 33.8 Å². The van der Waals surface area contributed by atoms with Gasteiger partial charge < -0.3 is 21.1 Å². The number of nitrogens with two attached hydrogens (primary N) is 2.